The zero-order valence-electron chi connectivity index (χ0n) is 50.3. The van der Waals surface area contributed by atoms with Crippen LogP contribution in [0.1, 0.15) is 303 Å². The van der Waals surface area contributed by atoms with Gasteiger partial charge in [-0.25, -0.2) is 0 Å². The molecule has 440 valence electrons. The van der Waals surface area contributed by atoms with Crippen molar-refractivity contribution in [1.82, 2.24) is 5.32 Å². The first-order valence-corrected chi connectivity index (χ1v) is 33.6. The van der Waals surface area contributed by atoms with E-state index in [-0.39, 0.29) is 12.5 Å². The highest BCUT2D eigenvalue weighted by molar-refractivity contribution is 7.45. The number of carbonyl (C=O) groups is 1. The maximum Gasteiger partial charge on any atom is 0.268 e. The van der Waals surface area contributed by atoms with E-state index in [0.717, 1.165) is 57.8 Å². The minimum absolute atomic E-state index is 0.00885. The van der Waals surface area contributed by atoms with Gasteiger partial charge in [0.15, 0.2) is 0 Å². The number of carbonyl (C=O) groups excluding carboxylic acids is 1. The summed E-state index contributed by atoms with van der Waals surface area (Å²) in [6.45, 7) is 4.57. The molecule has 75 heavy (non-hydrogen) atoms. The smallest absolute Gasteiger partial charge is 0.268 e. The minimum atomic E-state index is -4.60. The second kappa shape index (κ2) is 56.9. The number of rotatable bonds is 59. The molecule has 0 aromatic heterocycles. The minimum Gasteiger partial charge on any atom is -0.756 e. The topological polar surface area (TPSA) is 108 Å². The van der Waals surface area contributed by atoms with Gasteiger partial charge in [0.25, 0.3) is 7.82 Å². The average molecular weight is 1070 g/mol. The molecule has 1 amide bonds. The van der Waals surface area contributed by atoms with Crippen molar-refractivity contribution in [3.63, 3.8) is 0 Å². The van der Waals surface area contributed by atoms with Crippen molar-refractivity contribution in [2.24, 2.45) is 0 Å². The van der Waals surface area contributed by atoms with Crippen LogP contribution < -0.4 is 10.2 Å². The fourth-order valence-electron chi connectivity index (χ4n) is 9.38. The number of aliphatic hydroxyl groups is 1. The van der Waals surface area contributed by atoms with E-state index in [2.05, 4.69) is 67.8 Å². The molecule has 0 aliphatic heterocycles. The number of allylic oxidation sites excluding steroid dienone is 9. The predicted octanol–water partition coefficient (Wildman–Crippen LogP) is 19.4. The maximum absolute atomic E-state index is 12.9. The van der Waals surface area contributed by atoms with E-state index in [9.17, 15) is 19.4 Å². The second-order valence-corrected chi connectivity index (χ2v) is 24.5. The first-order chi connectivity index (χ1) is 36.5. The third-order valence-corrected chi connectivity index (χ3v) is 15.4. The molecule has 0 radical (unpaired) electrons. The van der Waals surface area contributed by atoms with Crippen LogP contribution in [0.3, 0.4) is 0 Å². The van der Waals surface area contributed by atoms with Gasteiger partial charge in [0.05, 0.1) is 39.9 Å². The van der Waals surface area contributed by atoms with Gasteiger partial charge in [-0.2, -0.15) is 0 Å². The Morgan fingerprint density at radius 1 is 0.467 bits per heavy atom. The zero-order chi connectivity index (χ0) is 54.9. The highest BCUT2D eigenvalue weighted by Gasteiger charge is 2.23. The fourth-order valence-corrected chi connectivity index (χ4v) is 10.1. The van der Waals surface area contributed by atoms with Crippen molar-refractivity contribution in [1.29, 1.82) is 0 Å². The van der Waals surface area contributed by atoms with Gasteiger partial charge in [-0.15, -0.1) is 0 Å². The Labute approximate surface area is 466 Å². The van der Waals surface area contributed by atoms with Crippen molar-refractivity contribution < 1.29 is 32.9 Å². The Bertz CT molecular complexity index is 1400. The third kappa shape index (κ3) is 59.7. The predicted molar refractivity (Wildman–Crippen MR) is 325 cm³/mol. The number of quaternary nitrogens is 1. The number of phosphoric ester groups is 1. The Morgan fingerprint density at radius 3 is 1.20 bits per heavy atom. The molecule has 0 bridgehead atoms. The molecule has 0 saturated heterocycles. The van der Waals surface area contributed by atoms with Crippen LogP contribution in [0.15, 0.2) is 60.8 Å². The van der Waals surface area contributed by atoms with Crippen molar-refractivity contribution in [3.05, 3.63) is 60.8 Å². The normalized spacial score (nSPS) is 14.2. The van der Waals surface area contributed by atoms with Crippen LogP contribution in [0.2, 0.25) is 0 Å². The summed E-state index contributed by atoms with van der Waals surface area (Å²) in [5.41, 5.74) is 0. The summed E-state index contributed by atoms with van der Waals surface area (Å²) in [7, 11) is 1.24. The van der Waals surface area contributed by atoms with Crippen LogP contribution in [0.4, 0.5) is 0 Å². The molecular weight excluding hydrogens is 948 g/mol. The molecular formula is C66H125N2O6P. The van der Waals surface area contributed by atoms with Gasteiger partial charge in [0, 0.05) is 6.42 Å². The Morgan fingerprint density at radius 2 is 0.800 bits per heavy atom. The standard InChI is InChI=1S/C66H125N2O6P/c1-6-8-10-12-14-16-18-20-21-22-23-24-25-26-27-28-29-30-31-32-33-34-35-36-37-38-39-40-41-42-43-44-45-46-47-48-50-52-54-56-58-60-66(70)67-64(63-74-75(71,72)73-62-61-68(3,4)5)65(69)59-57-55-53-51-49-19-17-15-13-11-9-7-2/h13,15,18,20,22-23,49,51,57,59,64-65,69H,6-12,14,16-17,19,21,24-48,50,52-56,58,60-63H2,1-5H3,(H-,67,70,71,72)/b15-13+,20-18-,23-22-,51-49+,59-57+. The van der Waals surface area contributed by atoms with Crippen molar-refractivity contribution in [3.8, 4) is 0 Å². The molecule has 0 fully saturated rings. The number of amides is 1. The van der Waals surface area contributed by atoms with Gasteiger partial charge >= 0.3 is 0 Å². The number of hydrogen-bond donors (Lipinski definition) is 2. The summed E-state index contributed by atoms with van der Waals surface area (Å²) in [6, 6.07) is -0.908. The Kier molecular flexibility index (Phi) is 55.5. The van der Waals surface area contributed by atoms with Gasteiger partial charge < -0.3 is 28.8 Å². The Balaban J connectivity index is 3.83. The van der Waals surface area contributed by atoms with E-state index in [1.165, 1.54) is 225 Å². The first kappa shape index (κ1) is 73.2. The monoisotopic (exact) mass is 1070 g/mol. The lowest BCUT2D eigenvalue weighted by atomic mass is 10.0. The second-order valence-electron chi connectivity index (χ2n) is 23.1. The maximum atomic E-state index is 12.9. The molecule has 0 saturated carbocycles. The molecule has 0 rings (SSSR count). The zero-order valence-corrected chi connectivity index (χ0v) is 51.1. The number of likely N-dealkylation sites (N-methyl/N-ethyl adjacent to an activating group) is 1. The number of nitrogens with one attached hydrogen (secondary N) is 1. The first-order valence-electron chi connectivity index (χ1n) is 32.2. The van der Waals surface area contributed by atoms with Crippen molar-refractivity contribution in [2.45, 2.75) is 315 Å². The molecule has 2 N–H and O–H groups in total. The fraction of sp³-hybridized carbons (Fsp3) is 0.833. The van der Waals surface area contributed by atoms with E-state index < -0.39 is 26.6 Å². The molecule has 3 atom stereocenters. The molecule has 9 heteroatoms. The van der Waals surface area contributed by atoms with Crippen LogP contribution in [0, 0.1) is 0 Å². The van der Waals surface area contributed by atoms with Gasteiger partial charge in [-0.1, -0.05) is 286 Å². The highest BCUT2D eigenvalue weighted by Crippen LogP contribution is 2.38. The van der Waals surface area contributed by atoms with E-state index >= 15 is 0 Å². The number of aliphatic hydroxyl groups excluding tert-OH is 1. The summed E-state index contributed by atoms with van der Waals surface area (Å²) in [5, 5.41) is 13.8. The van der Waals surface area contributed by atoms with Gasteiger partial charge in [0.1, 0.15) is 13.2 Å². The lowest BCUT2D eigenvalue weighted by molar-refractivity contribution is -0.870. The van der Waals surface area contributed by atoms with Crippen LogP contribution in [0.25, 0.3) is 0 Å². The summed E-state index contributed by atoms with van der Waals surface area (Å²) in [4.78, 5) is 25.4. The molecule has 0 heterocycles. The van der Waals surface area contributed by atoms with E-state index in [1.54, 1.807) is 6.08 Å². The lowest BCUT2D eigenvalue weighted by Gasteiger charge is -2.29. The largest absolute Gasteiger partial charge is 0.756 e. The highest BCUT2D eigenvalue weighted by atomic mass is 31.2. The van der Waals surface area contributed by atoms with Crippen LogP contribution >= 0.6 is 7.82 Å². The van der Waals surface area contributed by atoms with Crippen LogP contribution in [-0.2, 0) is 18.4 Å². The molecule has 0 spiro atoms. The van der Waals surface area contributed by atoms with Gasteiger partial charge in [-0.05, 0) is 70.6 Å². The summed E-state index contributed by atoms with van der Waals surface area (Å²) in [5.74, 6) is -0.209. The van der Waals surface area contributed by atoms with Crippen LogP contribution in [-0.4, -0.2) is 68.5 Å². The number of hydrogen-bond acceptors (Lipinski definition) is 6. The molecule has 0 aromatic rings. The lowest BCUT2D eigenvalue weighted by Crippen LogP contribution is -2.45. The molecule has 0 aliphatic rings. The summed E-state index contributed by atoms with van der Waals surface area (Å²) in [6.07, 6.45) is 77.9. The molecule has 0 aromatic carbocycles. The van der Waals surface area contributed by atoms with Crippen LogP contribution in [0.5, 0.6) is 0 Å². The van der Waals surface area contributed by atoms with Crippen molar-refractivity contribution in [2.75, 3.05) is 40.9 Å². The SMILES string of the molecule is CCCC/C=C/CC/C=C/CC/C=C/C(O)C(COP(=O)([O-])OCC[N+](C)(C)C)NC(=O)CCCCCCCCCCCCCCCCCCCCCCCCCCCCCCC/C=C\C/C=C\CCCCCCC. The van der Waals surface area contributed by atoms with Gasteiger partial charge in [0.2, 0.25) is 5.91 Å². The molecule has 0 aliphatic carbocycles. The van der Waals surface area contributed by atoms with E-state index in [0.29, 0.717) is 17.4 Å². The summed E-state index contributed by atoms with van der Waals surface area (Å²) < 4.78 is 23.3. The number of unbranched alkanes of at least 4 members (excludes halogenated alkanes) is 38. The number of nitrogens with zero attached hydrogens (tertiary/aromatic N) is 1. The average Bonchev–Trinajstić information content (AvgIpc) is 3.37. The summed E-state index contributed by atoms with van der Waals surface area (Å²) >= 11 is 0. The quantitative estimate of drug-likeness (QED) is 0.0272. The third-order valence-electron chi connectivity index (χ3n) is 14.4. The van der Waals surface area contributed by atoms with Gasteiger partial charge in [-0.3, -0.25) is 9.36 Å². The molecule has 8 nitrogen and oxygen atoms in total. The Hall–Kier alpha value is -1.80. The number of phosphoric acid groups is 1. The van der Waals surface area contributed by atoms with E-state index in [1.807, 2.05) is 27.2 Å². The van der Waals surface area contributed by atoms with E-state index in [4.69, 9.17) is 9.05 Å². The molecule has 3 unspecified atom stereocenters. The van der Waals surface area contributed by atoms with Crippen molar-refractivity contribution >= 4 is 13.7 Å².